The van der Waals surface area contributed by atoms with Crippen LogP contribution in [0.15, 0.2) is 55.1 Å². The van der Waals surface area contributed by atoms with Crippen LogP contribution in [0.2, 0.25) is 0 Å². The van der Waals surface area contributed by atoms with Gasteiger partial charge in [-0.1, -0.05) is 59.0 Å². The topological polar surface area (TPSA) is 92.7 Å². The molecule has 0 radical (unpaired) electrons. The monoisotopic (exact) mass is 700 g/mol. The number of rotatable bonds is 2. The molecule has 0 saturated heterocycles. The van der Waals surface area contributed by atoms with E-state index in [1.165, 1.54) is 24.0 Å². The van der Waals surface area contributed by atoms with Crippen molar-refractivity contribution in [1.82, 2.24) is 35.3 Å². The van der Waals surface area contributed by atoms with Crippen molar-refractivity contribution in [2.24, 2.45) is 0 Å². The summed E-state index contributed by atoms with van der Waals surface area (Å²) in [6.07, 6.45) is 11.7. The fraction of sp³-hybridized carbons (Fsp3) is 0.387. The normalized spacial score (nSPS) is 13.3. The summed E-state index contributed by atoms with van der Waals surface area (Å²) < 4.78 is 0. The van der Waals surface area contributed by atoms with Crippen LogP contribution >= 0.6 is 0 Å². The van der Waals surface area contributed by atoms with Gasteiger partial charge in [-0.05, 0) is 71.9 Å². The summed E-state index contributed by atoms with van der Waals surface area (Å²) in [5.41, 5.74) is 8.20. The van der Waals surface area contributed by atoms with Crippen molar-refractivity contribution < 1.29 is 21.1 Å². The van der Waals surface area contributed by atoms with Gasteiger partial charge in [-0.3, -0.25) is 15.0 Å². The van der Waals surface area contributed by atoms with Crippen molar-refractivity contribution in [2.45, 2.75) is 78.1 Å². The zero-order valence-electron chi connectivity index (χ0n) is 23.5. The maximum atomic E-state index is 4.97. The first-order valence-corrected chi connectivity index (χ1v) is 13.3. The van der Waals surface area contributed by atoms with E-state index in [1.54, 1.807) is 6.20 Å². The van der Waals surface area contributed by atoms with Gasteiger partial charge in [0.1, 0.15) is 0 Å². The van der Waals surface area contributed by atoms with Gasteiger partial charge < -0.3 is 20.4 Å². The van der Waals surface area contributed by atoms with Crippen molar-refractivity contribution in [1.29, 1.82) is 0 Å². The molecule has 0 aromatic carbocycles. The molecule has 0 atom stereocenters. The van der Waals surface area contributed by atoms with Gasteiger partial charge in [0.05, 0.1) is 11.4 Å². The maximum Gasteiger partial charge on any atom is 2.00 e. The molecule has 1 aliphatic rings. The number of hydrogen-bond donors (Lipinski definition) is 0. The number of hydrogen-bond acceptors (Lipinski definition) is 5. The van der Waals surface area contributed by atoms with E-state index in [0.717, 1.165) is 57.8 Å². The zero-order valence-corrected chi connectivity index (χ0v) is 25.7. The third kappa shape index (κ3) is 6.35. The summed E-state index contributed by atoms with van der Waals surface area (Å²) in [6.45, 7) is 13.0. The van der Waals surface area contributed by atoms with E-state index in [4.69, 9.17) is 4.98 Å². The van der Waals surface area contributed by atoms with Crippen LogP contribution in [0, 0.1) is 0 Å². The molecule has 0 unspecified atom stereocenters. The molecule has 0 spiro atoms. The molecule has 0 saturated carbocycles. The standard InChI is InChI=1S/C22H22N6.C9H13N.Pt/c1-22(2,3)19-11-18(26-27-19)20-15-12-23-9-8-13(15)10-17(24-20)21-14-6-4-5-7-16(14)25-28-21;1-9(2,3)8-4-6-10-7-5-8;/h8-12H,4-7H2,1-3H3;4-7H,1-3H3;/q-2;;+2. The SMILES string of the molecule is CC(C)(C)c1cc(-c2nc(-c3[n-]nc4c3CCCC4)cc3ccncc23)[n-]n1.CC(C)(C)c1ccncc1.[Pt+2]. The minimum Gasteiger partial charge on any atom is -0.573 e. The molecule has 0 fully saturated rings. The van der Waals surface area contributed by atoms with Gasteiger partial charge in [0, 0.05) is 47.0 Å². The second-order valence-corrected chi connectivity index (χ2v) is 12.0. The van der Waals surface area contributed by atoms with Crippen LogP contribution in [0.1, 0.15) is 76.9 Å². The predicted molar refractivity (Wildman–Crippen MR) is 151 cm³/mol. The van der Waals surface area contributed by atoms with Crippen LogP contribution in [-0.2, 0) is 44.7 Å². The summed E-state index contributed by atoms with van der Waals surface area (Å²) in [4.78, 5) is 13.2. The Morgan fingerprint density at radius 3 is 2.15 bits per heavy atom. The molecule has 1 aliphatic carbocycles. The number of aryl methyl sites for hydroxylation is 1. The summed E-state index contributed by atoms with van der Waals surface area (Å²) in [7, 11) is 0. The van der Waals surface area contributed by atoms with E-state index in [1.807, 2.05) is 30.7 Å². The second-order valence-electron chi connectivity index (χ2n) is 12.0. The van der Waals surface area contributed by atoms with Gasteiger partial charge in [0.15, 0.2) is 0 Å². The Morgan fingerprint density at radius 1 is 0.769 bits per heavy atom. The first kappa shape index (κ1) is 28.8. The molecule has 0 N–H and O–H groups in total. The Bertz CT molecular complexity index is 1540. The van der Waals surface area contributed by atoms with E-state index < -0.39 is 0 Å². The van der Waals surface area contributed by atoms with Crippen LogP contribution in [0.25, 0.3) is 33.5 Å². The van der Waals surface area contributed by atoms with Gasteiger partial charge in [0.25, 0.3) is 0 Å². The summed E-state index contributed by atoms with van der Waals surface area (Å²) >= 11 is 0. The fourth-order valence-electron chi connectivity index (χ4n) is 4.67. The Kier molecular flexibility index (Phi) is 8.50. The molecule has 0 aliphatic heterocycles. The largest absolute Gasteiger partial charge is 2.00 e. The van der Waals surface area contributed by atoms with E-state index in [2.05, 4.69) is 90.1 Å². The van der Waals surface area contributed by atoms with Gasteiger partial charge in [-0.15, -0.1) is 0 Å². The molecule has 5 aromatic heterocycles. The molecular formula is C31H35N7Pt. The first-order valence-electron chi connectivity index (χ1n) is 13.3. The Labute approximate surface area is 245 Å². The Hall–Kier alpha value is -3.18. The number of pyridine rings is 3. The zero-order chi connectivity index (χ0) is 26.9. The Morgan fingerprint density at radius 2 is 1.49 bits per heavy atom. The molecule has 0 bridgehead atoms. The average Bonchev–Trinajstić information content (AvgIpc) is 3.57. The second kappa shape index (κ2) is 11.5. The van der Waals surface area contributed by atoms with Crippen LogP contribution < -0.4 is 10.2 Å². The molecule has 8 heteroatoms. The van der Waals surface area contributed by atoms with Crippen molar-refractivity contribution in [3.05, 3.63) is 77.6 Å². The van der Waals surface area contributed by atoms with Gasteiger partial charge in [0.2, 0.25) is 0 Å². The van der Waals surface area contributed by atoms with Crippen molar-refractivity contribution in [2.75, 3.05) is 0 Å². The maximum absolute atomic E-state index is 4.97. The van der Waals surface area contributed by atoms with Crippen molar-refractivity contribution in [3.8, 4) is 22.8 Å². The van der Waals surface area contributed by atoms with Crippen LogP contribution in [0.5, 0.6) is 0 Å². The third-order valence-corrected chi connectivity index (χ3v) is 6.97. The van der Waals surface area contributed by atoms with Crippen LogP contribution in [0.4, 0.5) is 0 Å². The van der Waals surface area contributed by atoms with E-state index in [-0.39, 0.29) is 31.9 Å². The average molecular weight is 701 g/mol. The summed E-state index contributed by atoms with van der Waals surface area (Å²) in [5.74, 6) is 0. The smallest absolute Gasteiger partial charge is 0.573 e. The summed E-state index contributed by atoms with van der Waals surface area (Å²) in [6, 6.07) is 10.2. The quantitative estimate of drug-likeness (QED) is 0.216. The molecule has 5 heterocycles. The minimum atomic E-state index is -0.0624. The fourth-order valence-corrected chi connectivity index (χ4v) is 4.67. The van der Waals surface area contributed by atoms with E-state index >= 15 is 0 Å². The molecule has 39 heavy (non-hydrogen) atoms. The molecule has 5 aromatic rings. The minimum absolute atomic E-state index is 0. The Balaban J connectivity index is 0.000000273. The van der Waals surface area contributed by atoms with Gasteiger partial charge >= 0.3 is 21.1 Å². The molecular weight excluding hydrogens is 665 g/mol. The molecule has 0 amide bonds. The molecule has 6 rings (SSSR count). The van der Waals surface area contributed by atoms with Gasteiger partial charge in [-0.25, -0.2) is 0 Å². The van der Waals surface area contributed by atoms with Crippen molar-refractivity contribution in [3.63, 3.8) is 0 Å². The first-order chi connectivity index (χ1) is 18.1. The number of fused-ring (bicyclic) bond motifs is 2. The molecule has 7 nitrogen and oxygen atoms in total. The third-order valence-electron chi connectivity index (χ3n) is 6.97. The number of nitrogens with zero attached hydrogens (tertiary/aromatic N) is 7. The van der Waals surface area contributed by atoms with Gasteiger partial charge in [-0.2, -0.15) is 0 Å². The van der Waals surface area contributed by atoms with E-state index in [9.17, 15) is 0 Å². The van der Waals surface area contributed by atoms with Crippen LogP contribution in [0.3, 0.4) is 0 Å². The van der Waals surface area contributed by atoms with Crippen LogP contribution in [-0.4, -0.2) is 25.1 Å². The predicted octanol–water partition coefficient (Wildman–Crippen LogP) is 6.22. The van der Waals surface area contributed by atoms with E-state index in [0.29, 0.717) is 0 Å². The molecule has 204 valence electrons. The number of aromatic nitrogens is 7. The summed E-state index contributed by atoms with van der Waals surface area (Å²) in [5, 5.41) is 19.8. The van der Waals surface area contributed by atoms with Crippen molar-refractivity contribution >= 4 is 10.8 Å².